The van der Waals surface area contributed by atoms with Crippen molar-refractivity contribution in [3.63, 3.8) is 0 Å². The number of nitrogens with zero attached hydrogens (tertiary/aromatic N) is 1. The first-order valence-electron chi connectivity index (χ1n) is 6.33. The van der Waals surface area contributed by atoms with Crippen LogP contribution in [0.2, 0.25) is 0 Å². The topological polar surface area (TPSA) is 33.7 Å². The summed E-state index contributed by atoms with van der Waals surface area (Å²) >= 11 is 0. The molecule has 1 N–H and O–H groups in total. The van der Waals surface area contributed by atoms with E-state index in [0.29, 0.717) is 6.61 Å². The number of para-hydroxylation sites is 1. The van der Waals surface area contributed by atoms with Crippen LogP contribution in [-0.4, -0.2) is 45.8 Å². The van der Waals surface area contributed by atoms with Gasteiger partial charge in [0, 0.05) is 18.7 Å². The minimum Gasteiger partial charge on any atom is -0.493 e. The molecule has 0 amide bonds. The van der Waals surface area contributed by atoms with Gasteiger partial charge in [-0.15, -0.1) is 0 Å². The molecule has 0 bridgehead atoms. The Bertz CT molecular complexity index is 354. The van der Waals surface area contributed by atoms with Crippen LogP contribution in [0.1, 0.15) is 12.5 Å². The maximum absolute atomic E-state index is 5.86. The Hall–Kier alpha value is -1.26. The van der Waals surface area contributed by atoms with Gasteiger partial charge >= 0.3 is 0 Å². The molecular weight excluding hydrogens is 228 g/mol. The molecule has 0 aliphatic carbocycles. The van der Waals surface area contributed by atoms with Crippen LogP contribution in [0.4, 0.5) is 0 Å². The molecule has 0 saturated heterocycles. The lowest BCUT2D eigenvalue weighted by Gasteiger charge is -2.16. The SMILES string of the molecule is CCNCc1cccc(OC)c1OCCN(C)C. The third-order valence-corrected chi connectivity index (χ3v) is 2.63. The Morgan fingerprint density at radius 1 is 1.28 bits per heavy atom. The van der Waals surface area contributed by atoms with Gasteiger partial charge in [0.05, 0.1) is 7.11 Å². The van der Waals surface area contributed by atoms with Crippen molar-refractivity contribution in [3.8, 4) is 11.5 Å². The number of rotatable bonds is 8. The van der Waals surface area contributed by atoms with Gasteiger partial charge in [-0.1, -0.05) is 19.1 Å². The number of hydrogen-bond donors (Lipinski definition) is 1. The van der Waals surface area contributed by atoms with Crippen molar-refractivity contribution < 1.29 is 9.47 Å². The molecule has 0 heterocycles. The first-order chi connectivity index (χ1) is 8.69. The minimum atomic E-state index is 0.659. The Labute approximate surface area is 110 Å². The lowest BCUT2D eigenvalue weighted by Crippen LogP contribution is -2.20. The molecule has 0 aliphatic rings. The second-order valence-electron chi connectivity index (χ2n) is 4.38. The van der Waals surface area contributed by atoms with Crippen LogP contribution in [0.25, 0.3) is 0 Å². The molecule has 1 aromatic rings. The van der Waals surface area contributed by atoms with E-state index in [1.807, 2.05) is 26.2 Å². The van der Waals surface area contributed by atoms with Crippen LogP contribution in [0.3, 0.4) is 0 Å². The average molecular weight is 252 g/mol. The molecule has 0 fully saturated rings. The first kappa shape index (κ1) is 14.8. The van der Waals surface area contributed by atoms with Gasteiger partial charge in [0.15, 0.2) is 11.5 Å². The van der Waals surface area contributed by atoms with E-state index in [-0.39, 0.29) is 0 Å². The summed E-state index contributed by atoms with van der Waals surface area (Å²) in [7, 11) is 5.74. The molecule has 0 saturated carbocycles. The second-order valence-corrected chi connectivity index (χ2v) is 4.38. The summed E-state index contributed by atoms with van der Waals surface area (Å²) in [5.74, 6) is 1.65. The second kappa shape index (κ2) is 7.95. The van der Waals surface area contributed by atoms with Gasteiger partial charge in [0.25, 0.3) is 0 Å². The fourth-order valence-electron chi connectivity index (χ4n) is 1.62. The summed E-state index contributed by atoms with van der Waals surface area (Å²) in [5.41, 5.74) is 1.13. The van der Waals surface area contributed by atoms with Gasteiger partial charge in [-0.05, 0) is 26.7 Å². The largest absolute Gasteiger partial charge is 0.493 e. The average Bonchev–Trinajstić information content (AvgIpc) is 2.36. The highest BCUT2D eigenvalue weighted by molar-refractivity contribution is 5.46. The van der Waals surface area contributed by atoms with Crippen LogP contribution in [0.5, 0.6) is 11.5 Å². The van der Waals surface area contributed by atoms with Crippen molar-refractivity contribution in [3.05, 3.63) is 23.8 Å². The predicted octanol–water partition coefficient (Wildman–Crippen LogP) is 1.75. The summed E-state index contributed by atoms with van der Waals surface area (Å²) in [5, 5.41) is 3.31. The van der Waals surface area contributed by atoms with Gasteiger partial charge in [-0.3, -0.25) is 0 Å². The summed E-state index contributed by atoms with van der Waals surface area (Å²) in [4.78, 5) is 2.10. The number of benzene rings is 1. The molecule has 102 valence electrons. The number of hydrogen-bond acceptors (Lipinski definition) is 4. The van der Waals surface area contributed by atoms with Crippen LogP contribution in [0, 0.1) is 0 Å². The van der Waals surface area contributed by atoms with E-state index >= 15 is 0 Å². The lowest BCUT2D eigenvalue weighted by molar-refractivity contribution is 0.248. The summed E-state index contributed by atoms with van der Waals surface area (Å²) in [6.07, 6.45) is 0. The third-order valence-electron chi connectivity index (χ3n) is 2.63. The van der Waals surface area contributed by atoms with Crippen LogP contribution < -0.4 is 14.8 Å². The fourth-order valence-corrected chi connectivity index (χ4v) is 1.62. The van der Waals surface area contributed by atoms with Gasteiger partial charge < -0.3 is 19.7 Å². The molecule has 0 spiro atoms. The molecule has 0 aromatic heterocycles. The molecule has 0 unspecified atom stereocenters. The van der Waals surface area contributed by atoms with Crippen molar-refractivity contribution in [2.75, 3.05) is 40.9 Å². The van der Waals surface area contributed by atoms with E-state index in [4.69, 9.17) is 9.47 Å². The highest BCUT2D eigenvalue weighted by Gasteiger charge is 2.10. The van der Waals surface area contributed by atoms with Gasteiger partial charge in [-0.2, -0.15) is 0 Å². The Morgan fingerprint density at radius 2 is 2.06 bits per heavy atom. The zero-order valence-electron chi connectivity index (χ0n) is 11.8. The van der Waals surface area contributed by atoms with Crippen molar-refractivity contribution in [2.45, 2.75) is 13.5 Å². The Kier molecular flexibility index (Phi) is 6.54. The highest BCUT2D eigenvalue weighted by atomic mass is 16.5. The van der Waals surface area contributed by atoms with Crippen LogP contribution in [-0.2, 0) is 6.54 Å². The molecule has 1 aromatic carbocycles. The fraction of sp³-hybridized carbons (Fsp3) is 0.571. The normalized spacial score (nSPS) is 10.7. The Balaban J connectivity index is 2.75. The van der Waals surface area contributed by atoms with E-state index in [1.54, 1.807) is 7.11 Å². The standard InChI is InChI=1S/C14H24N2O2/c1-5-15-11-12-7-6-8-13(17-4)14(12)18-10-9-16(2)3/h6-8,15H,5,9-11H2,1-4H3. The number of likely N-dealkylation sites (N-methyl/N-ethyl adjacent to an activating group) is 1. The summed E-state index contributed by atoms with van der Waals surface area (Å²) in [6.45, 7) is 5.37. The van der Waals surface area contributed by atoms with E-state index in [2.05, 4.69) is 23.2 Å². The summed E-state index contributed by atoms with van der Waals surface area (Å²) < 4.78 is 11.2. The molecule has 18 heavy (non-hydrogen) atoms. The van der Waals surface area contributed by atoms with E-state index in [0.717, 1.165) is 36.7 Å². The maximum Gasteiger partial charge on any atom is 0.165 e. The van der Waals surface area contributed by atoms with Crippen molar-refractivity contribution in [1.82, 2.24) is 10.2 Å². The molecule has 0 atom stereocenters. The number of methoxy groups -OCH3 is 1. The van der Waals surface area contributed by atoms with Gasteiger partial charge in [-0.25, -0.2) is 0 Å². The molecule has 0 radical (unpaired) electrons. The van der Waals surface area contributed by atoms with E-state index < -0.39 is 0 Å². The predicted molar refractivity (Wildman–Crippen MR) is 74.4 cm³/mol. The van der Waals surface area contributed by atoms with Crippen LogP contribution in [0.15, 0.2) is 18.2 Å². The maximum atomic E-state index is 5.86. The van der Waals surface area contributed by atoms with E-state index in [1.165, 1.54) is 0 Å². The molecular formula is C14H24N2O2. The van der Waals surface area contributed by atoms with Crippen molar-refractivity contribution in [1.29, 1.82) is 0 Å². The quantitative estimate of drug-likeness (QED) is 0.764. The lowest BCUT2D eigenvalue weighted by atomic mass is 10.2. The molecule has 0 aliphatic heterocycles. The minimum absolute atomic E-state index is 0.659. The van der Waals surface area contributed by atoms with Crippen molar-refractivity contribution in [2.24, 2.45) is 0 Å². The zero-order valence-corrected chi connectivity index (χ0v) is 11.8. The van der Waals surface area contributed by atoms with E-state index in [9.17, 15) is 0 Å². The molecule has 4 heteroatoms. The van der Waals surface area contributed by atoms with Crippen molar-refractivity contribution >= 4 is 0 Å². The molecule has 1 rings (SSSR count). The highest BCUT2D eigenvalue weighted by Crippen LogP contribution is 2.30. The third kappa shape index (κ3) is 4.55. The first-order valence-corrected chi connectivity index (χ1v) is 6.33. The monoisotopic (exact) mass is 252 g/mol. The summed E-state index contributed by atoms with van der Waals surface area (Å²) in [6, 6.07) is 5.99. The number of nitrogens with one attached hydrogen (secondary N) is 1. The van der Waals surface area contributed by atoms with Gasteiger partial charge in [0.1, 0.15) is 6.61 Å². The van der Waals surface area contributed by atoms with Gasteiger partial charge in [0.2, 0.25) is 0 Å². The zero-order chi connectivity index (χ0) is 13.4. The molecule has 4 nitrogen and oxygen atoms in total. The van der Waals surface area contributed by atoms with Crippen LogP contribution >= 0.6 is 0 Å². The Morgan fingerprint density at radius 3 is 2.67 bits per heavy atom. The number of ether oxygens (including phenoxy) is 2. The smallest absolute Gasteiger partial charge is 0.165 e.